The van der Waals surface area contributed by atoms with Gasteiger partial charge in [0.2, 0.25) is 5.78 Å². The molecule has 0 spiro atoms. The highest BCUT2D eigenvalue weighted by atomic mass is 16.3. The molecule has 4 atom stereocenters. The highest BCUT2D eigenvalue weighted by molar-refractivity contribution is 6.24. The van der Waals surface area contributed by atoms with Gasteiger partial charge in [-0.2, -0.15) is 0 Å². The number of nitrogens with two attached hydrogens (primary N) is 1. The summed E-state index contributed by atoms with van der Waals surface area (Å²) in [5.74, 6) is -6.03. The van der Waals surface area contributed by atoms with Crippen LogP contribution in [0.4, 0.5) is 0 Å². The van der Waals surface area contributed by atoms with Crippen molar-refractivity contribution in [1.82, 2.24) is 10.2 Å². The zero-order valence-electron chi connectivity index (χ0n) is 23.0. The lowest BCUT2D eigenvalue weighted by atomic mass is 9.57. The Morgan fingerprint density at radius 3 is 2.50 bits per heavy atom. The van der Waals surface area contributed by atoms with Crippen LogP contribution in [-0.4, -0.2) is 75.1 Å². The second-order valence-electron chi connectivity index (χ2n) is 11.8. The van der Waals surface area contributed by atoms with Crippen LogP contribution < -0.4 is 11.1 Å². The molecule has 0 radical (unpaired) electrons. The van der Waals surface area contributed by atoms with Crippen molar-refractivity contribution < 1.29 is 34.8 Å². The van der Waals surface area contributed by atoms with Gasteiger partial charge in [-0.25, -0.2) is 0 Å². The number of fused-ring (bicyclic) bond motifs is 4. The van der Waals surface area contributed by atoms with Gasteiger partial charge < -0.3 is 31.5 Å². The molecule has 212 valence electrons. The molecule has 3 aliphatic carbocycles. The van der Waals surface area contributed by atoms with Crippen LogP contribution in [-0.2, 0) is 27.3 Å². The average Bonchev–Trinajstić information content (AvgIpc) is 2.86. The first-order valence-corrected chi connectivity index (χ1v) is 13.4. The number of phenols is 1. The molecule has 2 aromatic carbocycles. The number of primary amides is 1. The first kappa shape index (κ1) is 27.8. The lowest BCUT2D eigenvalue weighted by molar-refractivity contribution is -0.153. The summed E-state index contributed by atoms with van der Waals surface area (Å²) < 4.78 is 0. The quantitative estimate of drug-likeness (QED) is 0.294. The van der Waals surface area contributed by atoms with E-state index in [1.165, 1.54) is 4.90 Å². The van der Waals surface area contributed by atoms with Gasteiger partial charge in [0.1, 0.15) is 22.8 Å². The van der Waals surface area contributed by atoms with Gasteiger partial charge in [-0.3, -0.25) is 19.3 Å². The largest absolute Gasteiger partial charge is 0.508 e. The number of hydrogen-bond donors (Lipinski definition) is 6. The summed E-state index contributed by atoms with van der Waals surface area (Å²) in [5, 5.41) is 50.1. The first-order valence-electron chi connectivity index (χ1n) is 13.4. The number of aliphatic hydroxyl groups is 3. The monoisotopic (exact) mass is 549 g/mol. The molecule has 1 fully saturated rings. The van der Waals surface area contributed by atoms with E-state index < -0.39 is 58.0 Å². The van der Waals surface area contributed by atoms with Gasteiger partial charge in [-0.1, -0.05) is 32.0 Å². The number of carbonyl (C=O) groups is 3. The molecule has 3 aliphatic rings. The Kier molecular flexibility index (Phi) is 6.76. The molecule has 0 unspecified atom stereocenters. The fraction of sp³-hybridized carbons (Fsp3) is 0.433. The Bertz CT molecular complexity index is 1520. The normalized spacial score (nSPS) is 26.4. The minimum Gasteiger partial charge on any atom is -0.508 e. The minimum atomic E-state index is -2.65. The molecule has 0 saturated heterocycles. The summed E-state index contributed by atoms with van der Waals surface area (Å²) in [6.07, 6.45) is 0.320. The molecule has 0 aliphatic heterocycles. The number of benzene rings is 2. The lowest BCUT2D eigenvalue weighted by Crippen LogP contribution is -2.65. The van der Waals surface area contributed by atoms with Crippen molar-refractivity contribution in [2.75, 3.05) is 20.6 Å². The maximum Gasteiger partial charge on any atom is 0.255 e. The summed E-state index contributed by atoms with van der Waals surface area (Å²) in [5.41, 5.74) is 3.40. The summed E-state index contributed by atoms with van der Waals surface area (Å²) in [6.45, 7) is 5.63. The number of aliphatic hydroxyl groups excluding tert-OH is 2. The van der Waals surface area contributed by atoms with Gasteiger partial charge >= 0.3 is 0 Å². The van der Waals surface area contributed by atoms with Crippen molar-refractivity contribution in [1.29, 1.82) is 0 Å². The molecule has 2 aromatic rings. The average molecular weight is 550 g/mol. The molecule has 10 nitrogen and oxygen atoms in total. The van der Waals surface area contributed by atoms with Crippen LogP contribution in [0.5, 0.6) is 5.75 Å². The SMILES string of the molecule is CC(C)CNCc1ccc2cc3c(c(O)c2c1)C(O)=C1C(=O)[C@]2(O)C(O)=C(C(N)=O)C(=O)[C@@H](N(C)C)[C@@H]2C[C@@H]1C3. The van der Waals surface area contributed by atoms with E-state index in [9.17, 15) is 34.8 Å². The first-order chi connectivity index (χ1) is 18.8. The fourth-order valence-corrected chi connectivity index (χ4v) is 6.67. The van der Waals surface area contributed by atoms with Gasteiger partial charge in [0.05, 0.1) is 11.6 Å². The Morgan fingerprint density at radius 1 is 1.18 bits per heavy atom. The van der Waals surface area contributed by atoms with E-state index in [1.807, 2.05) is 24.3 Å². The topological polar surface area (TPSA) is 173 Å². The maximum atomic E-state index is 14.0. The number of phenolic OH excluding ortho intramolecular Hbond substituents is 1. The second-order valence-corrected chi connectivity index (χ2v) is 11.8. The van der Waals surface area contributed by atoms with Crippen LogP contribution in [0, 0.1) is 17.8 Å². The Hall–Kier alpha value is -3.73. The number of rotatable bonds is 6. The number of ketones is 2. The molecule has 10 heteroatoms. The third kappa shape index (κ3) is 4.01. The molecule has 1 amide bonds. The zero-order chi connectivity index (χ0) is 29.3. The van der Waals surface area contributed by atoms with E-state index in [-0.39, 0.29) is 29.7 Å². The highest BCUT2D eigenvalue weighted by Crippen LogP contribution is 2.53. The van der Waals surface area contributed by atoms with E-state index >= 15 is 0 Å². The molecule has 0 bridgehead atoms. The molecule has 1 saturated carbocycles. The van der Waals surface area contributed by atoms with E-state index in [2.05, 4.69) is 19.2 Å². The number of amides is 1. The molecule has 0 heterocycles. The molecular weight excluding hydrogens is 514 g/mol. The van der Waals surface area contributed by atoms with E-state index in [4.69, 9.17) is 5.73 Å². The van der Waals surface area contributed by atoms with Crippen LogP contribution in [0.3, 0.4) is 0 Å². The molecule has 5 rings (SSSR count). The smallest absolute Gasteiger partial charge is 0.255 e. The minimum absolute atomic E-state index is 0.0605. The van der Waals surface area contributed by atoms with Crippen molar-refractivity contribution in [3.05, 3.63) is 57.9 Å². The van der Waals surface area contributed by atoms with Crippen LogP contribution in [0.15, 0.2) is 41.2 Å². The van der Waals surface area contributed by atoms with Crippen molar-refractivity contribution in [2.45, 2.75) is 44.9 Å². The van der Waals surface area contributed by atoms with Crippen LogP contribution in [0.2, 0.25) is 0 Å². The Balaban J connectivity index is 1.64. The van der Waals surface area contributed by atoms with Gasteiger partial charge in [0, 0.05) is 23.4 Å². The van der Waals surface area contributed by atoms with Crippen LogP contribution >= 0.6 is 0 Å². The van der Waals surface area contributed by atoms with Crippen molar-refractivity contribution >= 4 is 34.0 Å². The van der Waals surface area contributed by atoms with Gasteiger partial charge in [0.25, 0.3) is 5.91 Å². The molecule has 0 aromatic heterocycles. The highest BCUT2D eigenvalue weighted by Gasteiger charge is 2.64. The van der Waals surface area contributed by atoms with E-state index in [0.29, 0.717) is 23.4 Å². The number of nitrogens with zero attached hydrogens (tertiary/aromatic N) is 1. The number of carbonyl (C=O) groups excluding carboxylic acids is 3. The predicted octanol–water partition coefficient (Wildman–Crippen LogP) is 1.86. The van der Waals surface area contributed by atoms with Crippen molar-refractivity contribution in [2.24, 2.45) is 23.5 Å². The number of hydrogen-bond acceptors (Lipinski definition) is 9. The predicted molar refractivity (Wildman–Crippen MR) is 148 cm³/mol. The van der Waals surface area contributed by atoms with Gasteiger partial charge in [-0.05, 0) is 67.9 Å². The second kappa shape index (κ2) is 9.72. The lowest BCUT2D eigenvalue weighted by Gasteiger charge is -2.50. The van der Waals surface area contributed by atoms with Gasteiger partial charge in [0.15, 0.2) is 11.4 Å². The third-order valence-electron chi connectivity index (χ3n) is 8.47. The standard InChI is InChI=1S/C30H35N3O7/c1-13(2)11-32-12-14-5-6-15-8-16-9-17-10-19-23(33(3)4)26(36)22(29(31)39)28(38)30(19,40)27(37)21(17)25(35)20(16)24(34)18(15)7-14/h5-8,13,17,19,23,32,34-35,38,40H,9-12H2,1-4H3,(H2,31,39)/t17-,19-,23-,30-/m0/s1. The summed E-state index contributed by atoms with van der Waals surface area (Å²) in [7, 11) is 3.15. The molecular formula is C30H35N3O7. The fourth-order valence-electron chi connectivity index (χ4n) is 6.67. The van der Waals surface area contributed by atoms with Crippen LogP contribution in [0.1, 0.15) is 37.0 Å². The number of aromatic hydroxyl groups is 1. The number of Topliss-reactive ketones (excluding diaryl/α,β-unsaturated/α-hetero) is 2. The van der Waals surface area contributed by atoms with E-state index in [0.717, 1.165) is 17.5 Å². The maximum absolute atomic E-state index is 14.0. The van der Waals surface area contributed by atoms with Crippen molar-refractivity contribution in [3.8, 4) is 5.75 Å². The van der Waals surface area contributed by atoms with Crippen LogP contribution in [0.25, 0.3) is 16.5 Å². The van der Waals surface area contributed by atoms with Gasteiger partial charge in [-0.15, -0.1) is 0 Å². The number of likely N-dealkylation sites (N-methyl/N-ethyl adjacent to an activating group) is 1. The number of nitrogens with one attached hydrogen (secondary N) is 1. The summed E-state index contributed by atoms with van der Waals surface area (Å²) in [4.78, 5) is 40.7. The molecule has 7 N–H and O–H groups in total. The Morgan fingerprint density at radius 2 is 1.88 bits per heavy atom. The van der Waals surface area contributed by atoms with Crippen molar-refractivity contribution in [3.63, 3.8) is 0 Å². The zero-order valence-corrected chi connectivity index (χ0v) is 23.0. The summed E-state index contributed by atoms with van der Waals surface area (Å²) >= 11 is 0. The summed E-state index contributed by atoms with van der Waals surface area (Å²) in [6, 6.07) is 6.46. The van der Waals surface area contributed by atoms with E-state index in [1.54, 1.807) is 14.1 Å². The Labute approximate surface area is 231 Å². The molecule has 40 heavy (non-hydrogen) atoms. The third-order valence-corrected chi connectivity index (χ3v) is 8.47.